The Bertz CT molecular complexity index is 669. The van der Waals surface area contributed by atoms with Crippen LogP contribution in [0.3, 0.4) is 0 Å². The van der Waals surface area contributed by atoms with E-state index in [0.717, 1.165) is 31.9 Å². The van der Waals surface area contributed by atoms with E-state index in [0.29, 0.717) is 12.5 Å². The van der Waals surface area contributed by atoms with Crippen molar-refractivity contribution >= 4 is 11.9 Å². The highest BCUT2D eigenvalue weighted by atomic mass is 16.5. The van der Waals surface area contributed by atoms with Gasteiger partial charge in [-0.1, -0.05) is 12.1 Å². The van der Waals surface area contributed by atoms with E-state index in [1.165, 1.54) is 18.4 Å². The molecule has 1 aliphatic heterocycles. The van der Waals surface area contributed by atoms with Crippen LogP contribution < -0.4 is 21.1 Å². The molecule has 1 atom stereocenters. The lowest BCUT2D eigenvalue weighted by Crippen LogP contribution is -2.43. The zero-order valence-electron chi connectivity index (χ0n) is 17.6. The minimum Gasteiger partial charge on any atom is -0.497 e. The molecule has 1 saturated heterocycles. The Hall–Kier alpha value is -2.28. The summed E-state index contributed by atoms with van der Waals surface area (Å²) in [4.78, 5) is 18.7. The van der Waals surface area contributed by atoms with Gasteiger partial charge in [0.15, 0.2) is 5.96 Å². The summed E-state index contributed by atoms with van der Waals surface area (Å²) >= 11 is 0. The number of ether oxygens (including phenoxy) is 1. The molecule has 7 nitrogen and oxygen atoms in total. The SMILES string of the molecule is CCNC(=NCC(C)(C)C(N)=O)NCC(c1cccc(OC)c1)N1CCCC1. The molecule has 0 spiro atoms. The number of guanidine groups is 1. The van der Waals surface area contributed by atoms with Crippen LogP contribution in [0, 0.1) is 5.41 Å². The molecule has 1 aromatic rings. The van der Waals surface area contributed by atoms with Gasteiger partial charge in [0, 0.05) is 13.1 Å². The van der Waals surface area contributed by atoms with E-state index < -0.39 is 5.41 Å². The van der Waals surface area contributed by atoms with Crippen LogP contribution in [0.4, 0.5) is 0 Å². The fourth-order valence-electron chi connectivity index (χ4n) is 3.25. The number of methoxy groups -OCH3 is 1. The van der Waals surface area contributed by atoms with E-state index in [4.69, 9.17) is 10.5 Å². The van der Waals surface area contributed by atoms with Crippen molar-refractivity contribution in [3.63, 3.8) is 0 Å². The number of nitrogens with two attached hydrogens (primary N) is 1. The minimum absolute atomic E-state index is 0.227. The third-order valence-electron chi connectivity index (χ3n) is 5.17. The normalized spacial score (nSPS) is 16.6. The first-order chi connectivity index (χ1) is 13.4. The molecule has 0 aliphatic carbocycles. The number of likely N-dealkylation sites (tertiary alicyclic amines) is 1. The predicted molar refractivity (Wildman–Crippen MR) is 113 cm³/mol. The van der Waals surface area contributed by atoms with Crippen molar-refractivity contribution in [1.82, 2.24) is 15.5 Å². The minimum atomic E-state index is -0.677. The zero-order chi connectivity index (χ0) is 20.6. The topological polar surface area (TPSA) is 92.0 Å². The zero-order valence-corrected chi connectivity index (χ0v) is 17.6. The number of hydrogen-bond donors (Lipinski definition) is 3. The van der Waals surface area contributed by atoms with Gasteiger partial charge < -0.3 is 21.1 Å². The van der Waals surface area contributed by atoms with Gasteiger partial charge in [0.1, 0.15) is 5.75 Å². The van der Waals surface area contributed by atoms with Crippen LogP contribution in [0.2, 0.25) is 0 Å². The molecule has 1 fully saturated rings. The molecule has 7 heteroatoms. The largest absolute Gasteiger partial charge is 0.497 e. The second-order valence-corrected chi connectivity index (χ2v) is 7.86. The molecule has 0 bridgehead atoms. The van der Waals surface area contributed by atoms with Crippen molar-refractivity contribution in [1.29, 1.82) is 0 Å². The van der Waals surface area contributed by atoms with Gasteiger partial charge in [0.05, 0.1) is 25.1 Å². The number of benzene rings is 1. The second-order valence-electron chi connectivity index (χ2n) is 7.86. The lowest BCUT2D eigenvalue weighted by Gasteiger charge is -2.29. The number of hydrogen-bond acceptors (Lipinski definition) is 4. The van der Waals surface area contributed by atoms with E-state index in [-0.39, 0.29) is 11.9 Å². The first-order valence-corrected chi connectivity index (χ1v) is 10.1. The Kier molecular flexibility index (Phi) is 8.11. The van der Waals surface area contributed by atoms with E-state index >= 15 is 0 Å². The molecule has 2 rings (SSSR count). The third kappa shape index (κ3) is 6.12. The van der Waals surface area contributed by atoms with Crippen LogP contribution in [0.1, 0.15) is 45.2 Å². The van der Waals surface area contributed by atoms with Crippen LogP contribution in [0.25, 0.3) is 0 Å². The molecular weight excluding hydrogens is 354 g/mol. The molecule has 156 valence electrons. The standard InChI is InChI=1S/C21H35N5O2/c1-5-23-20(25-15-21(2,3)19(22)27)24-14-18(26-11-6-7-12-26)16-9-8-10-17(13-16)28-4/h8-10,13,18H,5-7,11-12,14-15H2,1-4H3,(H2,22,27)(H2,23,24,25). The maximum atomic E-state index is 11.6. The van der Waals surface area contributed by atoms with Gasteiger partial charge in [0.25, 0.3) is 0 Å². The first kappa shape index (κ1) is 22.0. The predicted octanol–water partition coefficient (Wildman–Crippen LogP) is 1.90. The maximum Gasteiger partial charge on any atom is 0.224 e. The van der Waals surface area contributed by atoms with Crippen molar-refractivity contribution in [3.05, 3.63) is 29.8 Å². The molecule has 0 saturated carbocycles. The van der Waals surface area contributed by atoms with E-state index in [1.807, 2.05) is 32.9 Å². The molecular formula is C21H35N5O2. The van der Waals surface area contributed by atoms with Gasteiger partial charge in [0.2, 0.25) is 5.91 Å². The highest BCUT2D eigenvalue weighted by molar-refractivity contribution is 5.82. The molecule has 0 radical (unpaired) electrons. The monoisotopic (exact) mass is 389 g/mol. The van der Waals surface area contributed by atoms with Crippen molar-refractivity contribution in [2.24, 2.45) is 16.1 Å². The average Bonchev–Trinajstić information content (AvgIpc) is 3.20. The molecule has 28 heavy (non-hydrogen) atoms. The molecule has 4 N–H and O–H groups in total. The summed E-state index contributed by atoms with van der Waals surface area (Å²) in [7, 11) is 1.69. The van der Waals surface area contributed by atoms with E-state index in [1.54, 1.807) is 7.11 Å². The van der Waals surface area contributed by atoms with Gasteiger partial charge in [-0.3, -0.25) is 14.7 Å². The highest BCUT2D eigenvalue weighted by Gasteiger charge is 2.26. The van der Waals surface area contributed by atoms with Crippen LogP contribution >= 0.6 is 0 Å². The second kappa shape index (κ2) is 10.3. The Morgan fingerprint density at radius 1 is 1.32 bits per heavy atom. The molecule has 1 unspecified atom stereocenters. The fraction of sp³-hybridized carbons (Fsp3) is 0.619. The molecule has 1 amide bonds. The Morgan fingerprint density at radius 3 is 2.64 bits per heavy atom. The summed E-state index contributed by atoms with van der Waals surface area (Å²) in [5.74, 6) is 1.22. The van der Waals surface area contributed by atoms with E-state index in [2.05, 4.69) is 32.7 Å². The average molecular weight is 390 g/mol. The third-order valence-corrected chi connectivity index (χ3v) is 5.17. The van der Waals surface area contributed by atoms with Gasteiger partial charge in [-0.05, 0) is 64.4 Å². The molecule has 1 heterocycles. The maximum absolute atomic E-state index is 11.6. The van der Waals surface area contributed by atoms with Crippen LogP contribution in [0.5, 0.6) is 5.75 Å². The van der Waals surface area contributed by atoms with Crippen molar-refractivity contribution in [2.45, 2.75) is 39.7 Å². The lowest BCUT2D eigenvalue weighted by atomic mass is 9.93. The van der Waals surface area contributed by atoms with Crippen molar-refractivity contribution in [2.75, 3.05) is 39.8 Å². The summed E-state index contributed by atoms with van der Waals surface area (Å²) < 4.78 is 5.41. The number of nitrogens with one attached hydrogen (secondary N) is 2. The van der Waals surface area contributed by atoms with Gasteiger partial charge >= 0.3 is 0 Å². The number of aliphatic imine (C=N–C) groups is 1. The lowest BCUT2D eigenvalue weighted by molar-refractivity contribution is -0.125. The van der Waals surface area contributed by atoms with Crippen LogP contribution in [0.15, 0.2) is 29.3 Å². The summed E-state index contributed by atoms with van der Waals surface area (Å²) in [5.41, 5.74) is 6.02. The van der Waals surface area contributed by atoms with Crippen LogP contribution in [-0.4, -0.2) is 56.6 Å². The Morgan fingerprint density at radius 2 is 2.04 bits per heavy atom. The highest BCUT2D eigenvalue weighted by Crippen LogP contribution is 2.27. The van der Waals surface area contributed by atoms with Crippen molar-refractivity contribution < 1.29 is 9.53 Å². The van der Waals surface area contributed by atoms with Crippen molar-refractivity contribution in [3.8, 4) is 5.75 Å². The number of amides is 1. The number of primary amides is 1. The number of rotatable bonds is 9. The summed E-state index contributed by atoms with van der Waals surface area (Å²) in [6.45, 7) is 9.63. The first-order valence-electron chi connectivity index (χ1n) is 10.1. The summed E-state index contributed by atoms with van der Waals surface area (Å²) in [5, 5.41) is 6.71. The Balaban J connectivity index is 2.14. The number of carbonyl (C=O) groups is 1. The van der Waals surface area contributed by atoms with Gasteiger partial charge in [-0.2, -0.15) is 0 Å². The quantitative estimate of drug-likeness (QED) is 0.443. The fourth-order valence-corrected chi connectivity index (χ4v) is 3.25. The summed E-state index contributed by atoms with van der Waals surface area (Å²) in [6, 6.07) is 8.48. The van der Waals surface area contributed by atoms with Gasteiger partial charge in [-0.15, -0.1) is 0 Å². The number of carbonyl (C=O) groups excluding carboxylic acids is 1. The smallest absolute Gasteiger partial charge is 0.224 e. The van der Waals surface area contributed by atoms with Crippen LogP contribution in [-0.2, 0) is 4.79 Å². The Labute approximate surface area is 168 Å². The molecule has 1 aromatic carbocycles. The summed E-state index contributed by atoms with van der Waals surface area (Å²) in [6.07, 6.45) is 2.45. The van der Waals surface area contributed by atoms with Gasteiger partial charge in [-0.25, -0.2) is 0 Å². The molecule has 1 aliphatic rings. The number of nitrogens with zero attached hydrogens (tertiary/aromatic N) is 2. The van der Waals surface area contributed by atoms with E-state index in [9.17, 15) is 4.79 Å². The molecule has 0 aromatic heterocycles.